The number of halogens is 3. The first-order chi connectivity index (χ1) is 12.5. The number of carbonyl (C=O) groups is 1. The second-order valence-electron chi connectivity index (χ2n) is 6.25. The summed E-state index contributed by atoms with van der Waals surface area (Å²) in [5.74, 6) is 0.523. The molecule has 0 bridgehead atoms. The first-order valence-electron chi connectivity index (χ1n) is 7.85. The van der Waals surface area contributed by atoms with Gasteiger partial charge in [-0.25, -0.2) is 4.79 Å². The topological polar surface area (TPSA) is 65.0 Å². The zero-order chi connectivity index (χ0) is 20.4. The number of hydrogen-bond acceptors (Lipinski definition) is 4. The van der Waals surface area contributed by atoms with Crippen LogP contribution in [0.15, 0.2) is 36.4 Å². The minimum Gasteiger partial charge on any atom is -0.497 e. The van der Waals surface area contributed by atoms with Gasteiger partial charge in [-0.05, 0) is 12.1 Å². The summed E-state index contributed by atoms with van der Waals surface area (Å²) in [7, 11) is 3.32. The molecule has 1 aliphatic heterocycles. The summed E-state index contributed by atoms with van der Waals surface area (Å²) in [5, 5.41) is 7.12. The van der Waals surface area contributed by atoms with Gasteiger partial charge in [0.2, 0.25) is 0 Å². The van der Waals surface area contributed by atoms with Gasteiger partial charge in [0.15, 0.2) is 0 Å². The third-order valence-electron chi connectivity index (χ3n) is 4.19. The van der Waals surface area contributed by atoms with Gasteiger partial charge < -0.3 is 19.3 Å². The molecule has 27 heavy (non-hydrogen) atoms. The lowest BCUT2D eigenvalue weighted by atomic mass is 9.76. The molecule has 0 saturated heterocycles. The van der Waals surface area contributed by atoms with Crippen molar-refractivity contribution < 1.29 is 37.3 Å². The smallest absolute Gasteiger partial charge is 0.490 e. The van der Waals surface area contributed by atoms with Gasteiger partial charge in [-0.15, -0.1) is 0 Å². The summed E-state index contributed by atoms with van der Waals surface area (Å²) in [6.07, 6.45) is -5.08. The van der Waals surface area contributed by atoms with E-state index < -0.39 is 12.1 Å². The molecular formula is C19H19F3O5. The molecule has 2 aromatic rings. The van der Waals surface area contributed by atoms with Gasteiger partial charge in [-0.1, -0.05) is 26.0 Å². The Hall–Kier alpha value is -2.90. The van der Waals surface area contributed by atoms with Crippen LogP contribution in [0.3, 0.4) is 0 Å². The fourth-order valence-electron chi connectivity index (χ4n) is 2.72. The molecule has 0 aromatic heterocycles. The minimum atomic E-state index is -5.08. The maximum atomic E-state index is 10.6. The second kappa shape index (κ2) is 7.38. The Morgan fingerprint density at radius 3 is 1.63 bits per heavy atom. The molecular weight excluding hydrogens is 365 g/mol. The standard InChI is InChI=1S/C17H18O3.C2HF3O2/c1-17(2)13-7-5-11(18-3)9-15(13)20-16-10-12(19-4)6-8-14(16)17;3-2(4,5)1(6)7/h5-10H,1-4H3;(H,6,7). The van der Waals surface area contributed by atoms with Crippen molar-refractivity contribution in [1.29, 1.82) is 0 Å². The summed E-state index contributed by atoms with van der Waals surface area (Å²) in [5.41, 5.74) is 2.22. The summed E-state index contributed by atoms with van der Waals surface area (Å²) >= 11 is 0. The maximum absolute atomic E-state index is 10.6. The van der Waals surface area contributed by atoms with Gasteiger partial charge in [0.1, 0.15) is 23.0 Å². The molecule has 3 rings (SSSR count). The molecule has 0 aliphatic carbocycles. The van der Waals surface area contributed by atoms with Crippen molar-refractivity contribution in [3.05, 3.63) is 47.5 Å². The predicted molar refractivity (Wildman–Crippen MR) is 91.9 cm³/mol. The largest absolute Gasteiger partial charge is 0.497 e. The van der Waals surface area contributed by atoms with Crippen LogP contribution in [0.25, 0.3) is 0 Å². The SMILES string of the molecule is COc1ccc2c(c1)Oc1cc(OC)ccc1C2(C)C.O=C(O)C(F)(F)F. The number of hydrogen-bond donors (Lipinski definition) is 1. The lowest BCUT2D eigenvalue weighted by Gasteiger charge is -2.34. The molecule has 146 valence electrons. The Morgan fingerprint density at radius 2 is 1.33 bits per heavy atom. The Morgan fingerprint density at radius 1 is 0.963 bits per heavy atom. The first kappa shape index (κ1) is 20.4. The van der Waals surface area contributed by atoms with Crippen molar-refractivity contribution in [3.63, 3.8) is 0 Å². The van der Waals surface area contributed by atoms with Crippen LogP contribution in [0.4, 0.5) is 13.2 Å². The normalized spacial score (nSPS) is 13.9. The molecule has 0 fully saturated rings. The fraction of sp³-hybridized carbons (Fsp3) is 0.316. The number of aliphatic carboxylic acids is 1. The number of rotatable bonds is 2. The molecule has 5 nitrogen and oxygen atoms in total. The van der Waals surface area contributed by atoms with Crippen molar-refractivity contribution >= 4 is 5.97 Å². The van der Waals surface area contributed by atoms with E-state index in [9.17, 15) is 13.2 Å². The van der Waals surface area contributed by atoms with Gasteiger partial charge in [0, 0.05) is 28.7 Å². The van der Waals surface area contributed by atoms with E-state index in [4.69, 9.17) is 24.1 Å². The summed E-state index contributed by atoms with van der Waals surface area (Å²) in [6, 6.07) is 11.9. The van der Waals surface area contributed by atoms with E-state index in [1.54, 1.807) is 14.2 Å². The van der Waals surface area contributed by atoms with E-state index in [0.717, 1.165) is 34.1 Å². The van der Waals surface area contributed by atoms with Crippen LogP contribution in [0.2, 0.25) is 0 Å². The van der Waals surface area contributed by atoms with Gasteiger partial charge in [-0.2, -0.15) is 13.2 Å². The highest BCUT2D eigenvalue weighted by atomic mass is 19.4. The van der Waals surface area contributed by atoms with Gasteiger partial charge >= 0.3 is 12.1 Å². The maximum Gasteiger partial charge on any atom is 0.490 e. The Kier molecular flexibility index (Phi) is 5.58. The van der Waals surface area contributed by atoms with Crippen molar-refractivity contribution in [2.75, 3.05) is 14.2 Å². The van der Waals surface area contributed by atoms with Crippen molar-refractivity contribution in [3.8, 4) is 23.0 Å². The van der Waals surface area contributed by atoms with Crippen LogP contribution in [0, 0.1) is 0 Å². The lowest BCUT2D eigenvalue weighted by Crippen LogP contribution is -2.24. The molecule has 1 heterocycles. The predicted octanol–water partition coefficient (Wildman–Crippen LogP) is 4.77. The second-order valence-corrected chi connectivity index (χ2v) is 6.25. The Balaban J connectivity index is 0.000000321. The number of alkyl halides is 3. The molecule has 2 aromatic carbocycles. The van der Waals surface area contributed by atoms with Crippen molar-refractivity contribution in [2.24, 2.45) is 0 Å². The summed E-state index contributed by atoms with van der Waals surface area (Å²) < 4.78 is 48.3. The van der Waals surface area contributed by atoms with Crippen LogP contribution in [0.5, 0.6) is 23.0 Å². The zero-order valence-electron chi connectivity index (χ0n) is 15.2. The third kappa shape index (κ3) is 4.27. The number of methoxy groups -OCH3 is 2. The van der Waals surface area contributed by atoms with Crippen LogP contribution >= 0.6 is 0 Å². The molecule has 0 radical (unpaired) electrons. The molecule has 0 saturated carbocycles. The van der Waals surface area contributed by atoms with Crippen LogP contribution in [0.1, 0.15) is 25.0 Å². The highest BCUT2D eigenvalue weighted by Gasteiger charge is 2.38. The molecule has 8 heteroatoms. The third-order valence-corrected chi connectivity index (χ3v) is 4.19. The average Bonchev–Trinajstić information content (AvgIpc) is 2.60. The molecule has 1 N–H and O–H groups in total. The Bertz CT molecular complexity index is 788. The Labute approximate surface area is 154 Å². The van der Waals surface area contributed by atoms with E-state index in [-0.39, 0.29) is 5.41 Å². The molecule has 0 amide bonds. The van der Waals surface area contributed by atoms with Gasteiger partial charge in [0.05, 0.1) is 14.2 Å². The number of carboxylic acids is 1. The highest BCUT2D eigenvalue weighted by Crippen LogP contribution is 2.49. The van der Waals surface area contributed by atoms with E-state index in [1.807, 2.05) is 24.3 Å². The van der Waals surface area contributed by atoms with Crippen molar-refractivity contribution in [1.82, 2.24) is 0 Å². The molecule has 1 aliphatic rings. The van der Waals surface area contributed by atoms with E-state index in [2.05, 4.69) is 26.0 Å². The van der Waals surface area contributed by atoms with Crippen molar-refractivity contribution in [2.45, 2.75) is 25.4 Å². The van der Waals surface area contributed by atoms with Gasteiger partial charge in [0.25, 0.3) is 0 Å². The number of ether oxygens (including phenoxy) is 3. The summed E-state index contributed by atoms with van der Waals surface area (Å²) in [6.45, 7) is 4.40. The zero-order valence-corrected chi connectivity index (χ0v) is 15.2. The monoisotopic (exact) mass is 384 g/mol. The molecule has 0 spiro atoms. The molecule has 0 unspecified atom stereocenters. The van der Waals surface area contributed by atoms with Gasteiger partial charge in [-0.3, -0.25) is 0 Å². The quantitative estimate of drug-likeness (QED) is 0.808. The van der Waals surface area contributed by atoms with E-state index in [1.165, 1.54) is 0 Å². The van der Waals surface area contributed by atoms with E-state index >= 15 is 0 Å². The molecule has 0 atom stereocenters. The van der Waals surface area contributed by atoms with Crippen LogP contribution in [-0.2, 0) is 10.2 Å². The minimum absolute atomic E-state index is 0.110. The lowest BCUT2D eigenvalue weighted by molar-refractivity contribution is -0.192. The first-order valence-corrected chi connectivity index (χ1v) is 7.85. The number of benzene rings is 2. The summed E-state index contributed by atoms with van der Waals surface area (Å²) in [4.78, 5) is 8.90. The van der Waals surface area contributed by atoms with Crippen LogP contribution < -0.4 is 14.2 Å². The average molecular weight is 384 g/mol. The van der Waals surface area contributed by atoms with E-state index in [0.29, 0.717) is 0 Å². The highest BCUT2D eigenvalue weighted by molar-refractivity contribution is 5.73. The van der Waals surface area contributed by atoms with Crippen LogP contribution in [-0.4, -0.2) is 31.5 Å². The fourth-order valence-corrected chi connectivity index (χ4v) is 2.72. The number of fused-ring (bicyclic) bond motifs is 2. The number of carboxylic acid groups (broad SMARTS) is 1.